The second-order valence-electron chi connectivity index (χ2n) is 8.17. The van der Waals surface area contributed by atoms with Crippen LogP contribution in [0.2, 0.25) is 0 Å². The quantitative estimate of drug-likeness (QED) is 0.580. The first-order chi connectivity index (χ1) is 15.0. The molecule has 0 aromatic heterocycles. The molecule has 2 aromatic rings. The van der Waals surface area contributed by atoms with E-state index in [9.17, 15) is 9.59 Å². The summed E-state index contributed by atoms with van der Waals surface area (Å²) >= 11 is 0. The van der Waals surface area contributed by atoms with Crippen molar-refractivity contribution in [3.05, 3.63) is 65.2 Å². The van der Waals surface area contributed by atoms with E-state index in [1.807, 2.05) is 62.4 Å². The first-order valence-electron chi connectivity index (χ1n) is 11.1. The molecule has 2 aromatic carbocycles. The lowest BCUT2D eigenvalue weighted by Gasteiger charge is -2.20. The molecule has 1 heterocycles. The summed E-state index contributed by atoms with van der Waals surface area (Å²) < 4.78 is 5.68. The lowest BCUT2D eigenvalue weighted by atomic mass is 10.1. The molecule has 0 aliphatic carbocycles. The van der Waals surface area contributed by atoms with E-state index in [0.717, 1.165) is 29.7 Å². The fourth-order valence-electron chi connectivity index (χ4n) is 3.57. The number of ether oxygens (including phenoxy) is 1. The standard InChI is InChI=1S/C25H33N3O3/c1-4-5-16-31-23-12-10-22(11-13-23)20(3)26-24(29)18-28-15-14-27(25(28)30)17-21-8-6-19(2)7-9-21/h6-13,20H,4-5,14-18H2,1-3H3,(H,26,29)/t20-/m1/s1. The van der Waals surface area contributed by atoms with Crippen molar-refractivity contribution in [2.24, 2.45) is 0 Å². The fraction of sp³-hybridized carbons (Fsp3) is 0.440. The van der Waals surface area contributed by atoms with E-state index < -0.39 is 0 Å². The van der Waals surface area contributed by atoms with Gasteiger partial charge in [-0.3, -0.25) is 4.79 Å². The number of benzene rings is 2. The van der Waals surface area contributed by atoms with Crippen LogP contribution in [0.5, 0.6) is 5.75 Å². The van der Waals surface area contributed by atoms with E-state index in [2.05, 4.69) is 12.2 Å². The largest absolute Gasteiger partial charge is 0.494 e. The highest BCUT2D eigenvalue weighted by Gasteiger charge is 2.30. The fourth-order valence-corrected chi connectivity index (χ4v) is 3.57. The minimum absolute atomic E-state index is 0.0752. The van der Waals surface area contributed by atoms with Crippen molar-refractivity contribution in [1.82, 2.24) is 15.1 Å². The number of unbranched alkanes of at least 4 members (excludes halogenated alkanes) is 1. The third-order valence-electron chi connectivity index (χ3n) is 5.53. The molecule has 31 heavy (non-hydrogen) atoms. The maximum Gasteiger partial charge on any atom is 0.320 e. The van der Waals surface area contributed by atoms with Crippen LogP contribution in [0, 0.1) is 6.92 Å². The van der Waals surface area contributed by atoms with E-state index in [-0.39, 0.29) is 24.5 Å². The molecule has 1 aliphatic rings. The lowest BCUT2D eigenvalue weighted by molar-refractivity contribution is -0.122. The Morgan fingerprint density at radius 3 is 2.42 bits per heavy atom. The Kier molecular flexibility index (Phi) is 7.93. The number of rotatable bonds is 10. The summed E-state index contributed by atoms with van der Waals surface area (Å²) in [6.07, 6.45) is 2.14. The molecule has 0 unspecified atom stereocenters. The van der Waals surface area contributed by atoms with Crippen LogP contribution in [0.1, 0.15) is 49.4 Å². The molecular weight excluding hydrogens is 390 g/mol. The number of amides is 3. The third kappa shape index (κ3) is 6.48. The smallest absolute Gasteiger partial charge is 0.320 e. The van der Waals surface area contributed by atoms with Crippen molar-refractivity contribution >= 4 is 11.9 Å². The number of hydrogen-bond acceptors (Lipinski definition) is 3. The number of nitrogens with zero attached hydrogens (tertiary/aromatic N) is 2. The number of hydrogen-bond donors (Lipinski definition) is 1. The van der Waals surface area contributed by atoms with Gasteiger partial charge < -0.3 is 19.9 Å². The minimum Gasteiger partial charge on any atom is -0.494 e. The van der Waals surface area contributed by atoms with Gasteiger partial charge in [0, 0.05) is 19.6 Å². The highest BCUT2D eigenvalue weighted by Crippen LogP contribution is 2.18. The van der Waals surface area contributed by atoms with E-state index in [4.69, 9.17) is 4.74 Å². The predicted octanol–water partition coefficient (Wildman–Crippen LogP) is 4.29. The molecule has 1 atom stereocenters. The highest BCUT2D eigenvalue weighted by atomic mass is 16.5. The van der Waals surface area contributed by atoms with Gasteiger partial charge in [0.05, 0.1) is 12.6 Å². The van der Waals surface area contributed by atoms with Crippen LogP contribution in [0.25, 0.3) is 0 Å². The number of urea groups is 1. The molecule has 1 aliphatic heterocycles. The van der Waals surface area contributed by atoms with Crippen LogP contribution in [-0.2, 0) is 11.3 Å². The summed E-state index contributed by atoms with van der Waals surface area (Å²) in [6, 6.07) is 15.8. The number of nitrogens with one attached hydrogen (secondary N) is 1. The predicted molar refractivity (Wildman–Crippen MR) is 122 cm³/mol. The van der Waals surface area contributed by atoms with Crippen molar-refractivity contribution in [2.75, 3.05) is 26.2 Å². The summed E-state index contributed by atoms with van der Waals surface area (Å²) in [6.45, 7) is 8.68. The average Bonchev–Trinajstić information content (AvgIpc) is 3.09. The maximum absolute atomic E-state index is 12.7. The summed E-state index contributed by atoms with van der Waals surface area (Å²) in [7, 11) is 0. The molecule has 0 saturated carbocycles. The van der Waals surface area contributed by atoms with Gasteiger partial charge in [-0.15, -0.1) is 0 Å². The Balaban J connectivity index is 1.46. The topological polar surface area (TPSA) is 61.9 Å². The van der Waals surface area contributed by atoms with Crippen LogP contribution in [0.3, 0.4) is 0 Å². The average molecular weight is 424 g/mol. The molecule has 1 N–H and O–H groups in total. The van der Waals surface area contributed by atoms with E-state index in [0.29, 0.717) is 26.2 Å². The molecule has 6 heteroatoms. The summed E-state index contributed by atoms with van der Waals surface area (Å²) in [4.78, 5) is 28.6. The van der Waals surface area contributed by atoms with Gasteiger partial charge in [0.15, 0.2) is 0 Å². The summed E-state index contributed by atoms with van der Waals surface area (Å²) in [5.74, 6) is 0.688. The van der Waals surface area contributed by atoms with Crippen LogP contribution < -0.4 is 10.1 Å². The van der Waals surface area contributed by atoms with Crippen LogP contribution >= 0.6 is 0 Å². The zero-order chi connectivity index (χ0) is 22.2. The van der Waals surface area contributed by atoms with Crippen molar-refractivity contribution in [2.45, 2.75) is 46.2 Å². The van der Waals surface area contributed by atoms with Crippen molar-refractivity contribution in [3.63, 3.8) is 0 Å². The zero-order valence-electron chi connectivity index (χ0n) is 18.8. The van der Waals surface area contributed by atoms with Crippen molar-refractivity contribution in [3.8, 4) is 5.75 Å². The molecular formula is C25H33N3O3. The monoisotopic (exact) mass is 423 g/mol. The number of carbonyl (C=O) groups is 2. The zero-order valence-corrected chi connectivity index (χ0v) is 18.8. The van der Waals surface area contributed by atoms with Gasteiger partial charge in [-0.25, -0.2) is 4.79 Å². The van der Waals surface area contributed by atoms with Crippen LogP contribution in [0.4, 0.5) is 4.79 Å². The Morgan fingerprint density at radius 1 is 1.06 bits per heavy atom. The Morgan fingerprint density at radius 2 is 1.74 bits per heavy atom. The van der Waals surface area contributed by atoms with Gasteiger partial charge in [0.1, 0.15) is 12.3 Å². The molecule has 3 amide bonds. The van der Waals surface area contributed by atoms with Crippen LogP contribution in [-0.4, -0.2) is 48.0 Å². The van der Waals surface area contributed by atoms with E-state index in [1.54, 1.807) is 9.80 Å². The Bertz CT molecular complexity index is 865. The first kappa shape index (κ1) is 22.7. The second kappa shape index (κ2) is 10.8. The molecule has 166 valence electrons. The maximum atomic E-state index is 12.7. The normalized spacial score (nSPS) is 14.6. The molecule has 0 radical (unpaired) electrons. The highest BCUT2D eigenvalue weighted by molar-refractivity contribution is 5.85. The van der Waals surface area contributed by atoms with Gasteiger partial charge in [0.25, 0.3) is 0 Å². The van der Waals surface area contributed by atoms with E-state index >= 15 is 0 Å². The lowest BCUT2D eigenvalue weighted by Crippen LogP contribution is -2.40. The molecule has 1 fully saturated rings. The van der Waals surface area contributed by atoms with Gasteiger partial charge in [-0.1, -0.05) is 55.3 Å². The summed E-state index contributed by atoms with van der Waals surface area (Å²) in [5, 5.41) is 2.99. The van der Waals surface area contributed by atoms with E-state index in [1.165, 1.54) is 5.56 Å². The molecule has 0 bridgehead atoms. The second-order valence-corrected chi connectivity index (χ2v) is 8.17. The SMILES string of the molecule is CCCCOc1ccc([C@@H](C)NC(=O)CN2CCN(Cc3ccc(C)cc3)C2=O)cc1. The minimum atomic E-state index is -0.152. The van der Waals surface area contributed by atoms with Gasteiger partial charge >= 0.3 is 6.03 Å². The van der Waals surface area contributed by atoms with Gasteiger partial charge in [-0.2, -0.15) is 0 Å². The van der Waals surface area contributed by atoms with Crippen LogP contribution in [0.15, 0.2) is 48.5 Å². The Hall–Kier alpha value is -3.02. The molecule has 3 rings (SSSR count). The first-order valence-corrected chi connectivity index (χ1v) is 11.1. The van der Waals surface area contributed by atoms with Gasteiger partial charge in [-0.05, 0) is 43.5 Å². The number of aryl methyl sites for hydroxylation is 1. The van der Waals surface area contributed by atoms with Crippen molar-refractivity contribution < 1.29 is 14.3 Å². The van der Waals surface area contributed by atoms with Crippen molar-refractivity contribution in [1.29, 1.82) is 0 Å². The number of carbonyl (C=O) groups excluding carboxylic acids is 2. The molecule has 0 spiro atoms. The third-order valence-corrected chi connectivity index (χ3v) is 5.53. The Labute approximate surface area is 185 Å². The molecule has 6 nitrogen and oxygen atoms in total. The summed E-state index contributed by atoms with van der Waals surface area (Å²) in [5.41, 5.74) is 3.30. The molecule has 1 saturated heterocycles. The van der Waals surface area contributed by atoms with Gasteiger partial charge in [0.2, 0.25) is 5.91 Å².